The fourth-order valence-corrected chi connectivity index (χ4v) is 3.13. The summed E-state index contributed by atoms with van der Waals surface area (Å²) in [6.45, 7) is 0.940. The highest BCUT2D eigenvalue weighted by Crippen LogP contribution is 2.43. The topological polar surface area (TPSA) is 71.0 Å². The van der Waals surface area contributed by atoms with E-state index in [0.717, 1.165) is 12.8 Å². The second-order valence-corrected chi connectivity index (χ2v) is 6.99. The number of nitrogens with zero attached hydrogens (tertiary/aromatic N) is 2. The minimum atomic E-state index is -1.60. The summed E-state index contributed by atoms with van der Waals surface area (Å²) < 4.78 is 13.8. The molecule has 2 aliphatic carbocycles. The zero-order valence-corrected chi connectivity index (χ0v) is 12.4. The quantitative estimate of drug-likeness (QED) is 0.842. The van der Waals surface area contributed by atoms with Gasteiger partial charge in [-0.3, -0.25) is 9.59 Å². The van der Waals surface area contributed by atoms with E-state index in [4.69, 9.17) is 4.84 Å². The van der Waals surface area contributed by atoms with Crippen LogP contribution in [0.3, 0.4) is 0 Å². The summed E-state index contributed by atoms with van der Waals surface area (Å²) in [6.07, 6.45) is 4.43. The van der Waals surface area contributed by atoms with Gasteiger partial charge in [0.05, 0.1) is 0 Å². The lowest BCUT2D eigenvalue weighted by molar-refractivity contribution is -0.143. The Morgan fingerprint density at radius 1 is 1.23 bits per heavy atom. The highest BCUT2D eigenvalue weighted by molar-refractivity contribution is 6.39. The van der Waals surface area contributed by atoms with Crippen LogP contribution in [0.15, 0.2) is 5.16 Å². The molecule has 120 valence electrons. The normalized spacial score (nSPS) is 28.0. The Bertz CT molecular complexity index is 546. The second-order valence-electron chi connectivity index (χ2n) is 6.99. The highest BCUT2D eigenvalue weighted by atomic mass is 19.1. The molecule has 4 aliphatic rings. The van der Waals surface area contributed by atoms with Gasteiger partial charge in [0.25, 0.3) is 11.8 Å². The summed E-state index contributed by atoms with van der Waals surface area (Å²) >= 11 is 0. The number of piperidine rings is 1. The molecular formula is C15H20FN3O3. The van der Waals surface area contributed by atoms with E-state index < -0.39 is 11.3 Å². The lowest BCUT2D eigenvalue weighted by Gasteiger charge is -2.37. The Kier molecular flexibility index (Phi) is 2.96. The number of alkyl halides is 1. The van der Waals surface area contributed by atoms with Crippen molar-refractivity contribution in [1.82, 2.24) is 10.2 Å². The van der Waals surface area contributed by atoms with Gasteiger partial charge in [0.15, 0.2) is 5.67 Å². The molecule has 0 radical (unpaired) electrons. The van der Waals surface area contributed by atoms with E-state index in [1.165, 1.54) is 0 Å². The summed E-state index contributed by atoms with van der Waals surface area (Å²) in [5.74, 6) is -0.522. The maximum Gasteiger partial charge on any atom is 0.269 e. The Hall–Kier alpha value is -1.66. The number of oxime groups is 1. The number of nitrogens with one attached hydrogen (secondary N) is 1. The number of carbonyl (C=O) groups is 2. The van der Waals surface area contributed by atoms with E-state index in [1.54, 1.807) is 4.90 Å². The molecule has 0 atom stereocenters. The summed E-state index contributed by atoms with van der Waals surface area (Å²) in [4.78, 5) is 31.1. The van der Waals surface area contributed by atoms with Gasteiger partial charge in [0.2, 0.25) is 0 Å². The van der Waals surface area contributed by atoms with E-state index in [1.807, 2.05) is 0 Å². The lowest BCUT2D eigenvalue weighted by Crippen LogP contribution is -2.50. The van der Waals surface area contributed by atoms with Crippen LogP contribution < -0.4 is 5.32 Å². The molecule has 0 aromatic heterocycles. The predicted octanol–water partition coefficient (Wildman–Crippen LogP) is 0.905. The Labute approximate surface area is 128 Å². The fourth-order valence-electron chi connectivity index (χ4n) is 3.13. The Balaban J connectivity index is 1.32. The average molecular weight is 309 g/mol. The van der Waals surface area contributed by atoms with Crippen LogP contribution in [0, 0.1) is 0 Å². The molecule has 2 aliphatic heterocycles. The largest absolute Gasteiger partial charge is 0.388 e. The molecule has 1 N–H and O–H groups in total. The summed E-state index contributed by atoms with van der Waals surface area (Å²) in [6, 6.07) is 0.297. The maximum atomic E-state index is 13.8. The molecular weight excluding hydrogens is 289 g/mol. The smallest absolute Gasteiger partial charge is 0.269 e. The molecule has 7 heteroatoms. The molecule has 4 rings (SSSR count). The van der Waals surface area contributed by atoms with Gasteiger partial charge in [-0.05, 0) is 25.7 Å². The first kappa shape index (κ1) is 14.0. The van der Waals surface area contributed by atoms with Crippen LogP contribution in [0.5, 0.6) is 0 Å². The molecule has 0 bridgehead atoms. The Morgan fingerprint density at radius 3 is 2.50 bits per heavy atom. The zero-order chi connectivity index (χ0) is 15.4. The van der Waals surface area contributed by atoms with Crippen molar-refractivity contribution in [2.75, 3.05) is 13.1 Å². The van der Waals surface area contributed by atoms with Crippen LogP contribution in [0.1, 0.15) is 44.9 Å². The minimum absolute atomic E-state index is 0.140. The number of halogens is 1. The molecule has 0 aromatic rings. The molecule has 22 heavy (non-hydrogen) atoms. The zero-order valence-electron chi connectivity index (χ0n) is 12.4. The number of likely N-dealkylation sites (tertiary alicyclic amines) is 1. The van der Waals surface area contributed by atoms with Crippen molar-refractivity contribution in [2.24, 2.45) is 5.16 Å². The third-order valence-electron chi connectivity index (χ3n) is 5.05. The van der Waals surface area contributed by atoms with E-state index in [2.05, 4.69) is 10.5 Å². The number of rotatable bonds is 3. The van der Waals surface area contributed by atoms with E-state index >= 15 is 0 Å². The van der Waals surface area contributed by atoms with Crippen molar-refractivity contribution >= 4 is 17.5 Å². The first-order valence-electron chi connectivity index (χ1n) is 8.04. The molecule has 1 saturated heterocycles. The van der Waals surface area contributed by atoms with Gasteiger partial charge >= 0.3 is 0 Å². The van der Waals surface area contributed by atoms with Gasteiger partial charge in [0.1, 0.15) is 11.3 Å². The van der Waals surface area contributed by atoms with Gasteiger partial charge in [-0.15, -0.1) is 0 Å². The SMILES string of the molecule is O=C(NC1CC1)C1=NOC2(CCN(C(=O)C3(F)CC3)CC2)C1. The number of hydrogen-bond acceptors (Lipinski definition) is 4. The Morgan fingerprint density at radius 2 is 1.91 bits per heavy atom. The van der Waals surface area contributed by atoms with Crippen molar-refractivity contribution in [1.29, 1.82) is 0 Å². The summed E-state index contributed by atoms with van der Waals surface area (Å²) in [5, 5.41) is 6.86. The van der Waals surface area contributed by atoms with Gasteiger partial charge < -0.3 is 15.1 Å². The van der Waals surface area contributed by atoms with E-state index in [0.29, 0.717) is 56.9 Å². The maximum absolute atomic E-state index is 13.8. The van der Waals surface area contributed by atoms with Gasteiger partial charge in [-0.1, -0.05) is 5.16 Å². The molecule has 0 aromatic carbocycles. The van der Waals surface area contributed by atoms with Crippen molar-refractivity contribution in [3.63, 3.8) is 0 Å². The molecule has 0 unspecified atom stereocenters. The fraction of sp³-hybridized carbons (Fsp3) is 0.800. The lowest BCUT2D eigenvalue weighted by atomic mass is 9.86. The third-order valence-corrected chi connectivity index (χ3v) is 5.05. The van der Waals surface area contributed by atoms with E-state index in [-0.39, 0.29) is 11.8 Å². The summed E-state index contributed by atoms with van der Waals surface area (Å²) in [5.41, 5.74) is -1.65. The van der Waals surface area contributed by atoms with E-state index in [9.17, 15) is 14.0 Å². The molecule has 3 fully saturated rings. The standard InChI is InChI=1S/C15H20FN3O3/c16-15(3-4-15)13(21)19-7-5-14(6-8-19)9-11(18-22-14)12(20)17-10-1-2-10/h10H,1-9H2,(H,17,20). The molecule has 2 amide bonds. The van der Waals surface area contributed by atoms with Crippen LogP contribution >= 0.6 is 0 Å². The van der Waals surface area contributed by atoms with Crippen molar-refractivity contribution in [3.8, 4) is 0 Å². The third kappa shape index (κ3) is 2.46. The molecule has 6 nitrogen and oxygen atoms in total. The van der Waals surface area contributed by atoms with Crippen molar-refractivity contribution in [2.45, 2.75) is 62.3 Å². The second kappa shape index (κ2) is 4.67. The monoisotopic (exact) mass is 309 g/mol. The highest BCUT2D eigenvalue weighted by Gasteiger charge is 2.54. The number of carbonyl (C=O) groups excluding carboxylic acids is 2. The molecule has 1 spiro atoms. The first-order valence-corrected chi connectivity index (χ1v) is 8.04. The predicted molar refractivity (Wildman–Crippen MR) is 75.9 cm³/mol. The van der Waals surface area contributed by atoms with Crippen LogP contribution in [-0.2, 0) is 14.4 Å². The first-order chi connectivity index (χ1) is 10.5. The van der Waals surface area contributed by atoms with Gasteiger partial charge in [-0.2, -0.15) is 0 Å². The molecule has 2 saturated carbocycles. The van der Waals surface area contributed by atoms with Crippen LogP contribution in [0.4, 0.5) is 4.39 Å². The molecule has 2 heterocycles. The van der Waals surface area contributed by atoms with Gasteiger partial charge in [0, 0.05) is 38.4 Å². The minimum Gasteiger partial charge on any atom is -0.388 e. The number of amides is 2. The van der Waals surface area contributed by atoms with Gasteiger partial charge in [-0.25, -0.2) is 4.39 Å². The van der Waals surface area contributed by atoms with Crippen LogP contribution in [-0.4, -0.2) is 52.8 Å². The van der Waals surface area contributed by atoms with Crippen LogP contribution in [0.25, 0.3) is 0 Å². The van der Waals surface area contributed by atoms with Crippen molar-refractivity contribution < 1.29 is 18.8 Å². The average Bonchev–Trinajstić information content (AvgIpc) is 3.43. The number of hydrogen-bond donors (Lipinski definition) is 1. The van der Waals surface area contributed by atoms with Crippen LogP contribution in [0.2, 0.25) is 0 Å². The van der Waals surface area contributed by atoms with Crippen molar-refractivity contribution in [3.05, 3.63) is 0 Å². The summed E-state index contributed by atoms with van der Waals surface area (Å²) in [7, 11) is 0.